The van der Waals surface area contributed by atoms with Crippen LogP contribution < -0.4 is 15.6 Å². The van der Waals surface area contributed by atoms with Crippen molar-refractivity contribution >= 4 is 35.0 Å². The van der Waals surface area contributed by atoms with Crippen LogP contribution in [0, 0.1) is 5.92 Å². The van der Waals surface area contributed by atoms with Gasteiger partial charge in [-0.15, -0.1) is 0 Å². The lowest BCUT2D eigenvalue weighted by atomic mass is 10.1. The van der Waals surface area contributed by atoms with E-state index in [0.717, 1.165) is 0 Å². The largest absolute Gasteiger partial charge is 0.390 e. The van der Waals surface area contributed by atoms with Crippen molar-refractivity contribution in [2.45, 2.75) is 6.10 Å². The van der Waals surface area contributed by atoms with Crippen LogP contribution in [0.5, 0.6) is 5.75 Å². The van der Waals surface area contributed by atoms with Crippen molar-refractivity contribution in [3.8, 4) is 5.75 Å². The van der Waals surface area contributed by atoms with E-state index < -0.39 is 23.8 Å². The monoisotopic (exact) mass is 304 g/mol. The van der Waals surface area contributed by atoms with Crippen LogP contribution in [0.4, 0.5) is 0 Å². The first-order valence-corrected chi connectivity index (χ1v) is 6.12. The maximum absolute atomic E-state index is 11.7. The van der Waals surface area contributed by atoms with Crippen LogP contribution in [-0.4, -0.2) is 29.6 Å². The second-order valence-electron chi connectivity index (χ2n) is 3.93. The van der Waals surface area contributed by atoms with Crippen LogP contribution >= 0.6 is 23.2 Å². The van der Waals surface area contributed by atoms with Gasteiger partial charge in [0.2, 0.25) is 5.91 Å². The highest BCUT2D eigenvalue weighted by Gasteiger charge is 2.39. The van der Waals surface area contributed by atoms with Crippen molar-refractivity contribution in [1.82, 2.24) is 10.8 Å². The van der Waals surface area contributed by atoms with Gasteiger partial charge in [-0.05, 0) is 18.2 Å². The zero-order chi connectivity index (χ0) is 14.0. The van der Waals surface area contributed by atoms with Crippen molar-refractivity contribution in [2.24, 2.45) is 5.92 Å². The molecule has 8 heteroatoms. The number of hydrogen-bond donors (Lipinski definition) is 3. The summed E-state index contributed by atoms with van der Waals surface area (Å²) in [6, 6.07) is 4.45. The molecule has 2 atom stereocenters. The van der Waals surface area contributed by atoms with Gasteiger partial charge in [0.15, 0.2) is 5.75 Å². The van der Waals surface area contributed by atoms with Crippen LogP contribution in [0.15, 0.2) is 18.2 Å². The van der Waals surface area contributed by atoms with E-state index in [1.165, 1.54) is 18.2 Å². The van der Waals surface area contributed by atoms with Crippen molar-refractivity contribution < 1.29 is 19.5 Å². The van der Waals surface area contributed by atoms with E-state index in [-0.39, 0.29) is 17.3 Å². The summed E-state index contributed by atoms with van der Waals surface area (Å²) < 4.78 is 0. The van der Waals surface area contributed by atoms with Crippen LogP contribution in [0.2, 0.25) is 10.0 Å². The van der Waals surface area contributed by atoms with Gasteiger partial charge in [-0.3, -0.25) is 9.59 Å². The highest BCUT2D eigenvalue weighted by atomic mass is 35.5. The molecule has 6 nitrogen and oxygen atoms in total. The van der Waals surface area contributed by atoms with Crippen molar-refractivity contribution in [1.29, 1.82) is 0 Å². The predicted octanol–water partition coefficient (Wildman–Crippen LogP) is 0.510. The van der Waals surface area contributed by atoms with Crippen LogP contribution in [0.1, 0.15) is 0 Å². The molecule has 1 aliphatic rings. The van der Waals surface area contributed by atoms with Gasteiger partial charge in [-0.25, -0.2) is 0 Å². The van der Waals surface area contributed by atoms with E-state index in [1.54, 1.807) is 0 Å². The van der Waals surface area contributed by atoms with Crippen molar-refractivity contribution in [3.63, 3.8) is 0 Å². The topological polar surface area (TPSA) is 87.7 Å². The molecule has 3 N–H and O–H groups in total. The summed E-state index contributed by atoms with van der Waals surface area (Å²) in [5.41, 5.74) is 2.07. The second kappa shape index (κ2) is 5.64. The fourth-order valence-electron chi connectivity index (χ4n) is 1.63. The van der Waals surface area contributed by atoms with E-state index >= 15 is 0 Å². The number of carbonyl (C=O) groups excluding carboxylic acids is 2. The quantitative estimate of drug-likeness (QED) is 0.561. The van der Waals surface area contributed by atoms with E-state index in [0.29, 0.717) is 5.02 Å². The minimum absolute atomic E-state index is 0.0403. The number of carbonyl (C=O) groups is 2. The number of nitrogens with one attached hydrogen (secondary N) is 2. The highest BCUT2D eigenvalue weighted by Crippen LogP contribution is 2.27. The van der Waals surface area contributed by atoms with Gasteiger partial charge in [0.1, 0.15) is 5.92 Å². The smallest absolute Gasteiger partial charge is 0.267 e. The summed E-state index contributed by atoms with van der Waals surface area (Å²) in [6.45, 7) is 0.0403. The molecule has 0 spiro atoms. The molecule has 1 aromatic carbocycles. The molecule has 102 valence electrons. The molecule has 0 aliphatic carbocycles. The summed E-state index contributed by atoms with van der Waals surface area (Å²) >= 11 is 11.5. The average molecular weight is 305 g/mol. The molecule has 0 aromatic heterocycles. The Balaban J connectivity index is 1.98. The molecular weight excluding hydrogens is 295 g/mol. The first kappa shape index (κ1) is 13.9. The Morgan fingerprint density at radius 3 is 2.79 bits per heavy atom. The number of amides is 2. The molecule has 0 saturated carbocycles. The zero-order valence-corrected chi connectivity index (χ0v) is 11.0. The maximum Gasteiger partial charge on any atom is 0.267 e. The SMILES string of the molecule is O=C1NCC(O)C1C(=O)NOc1ccc(Cl)cc1Cl. The van der Waals surface area contributed by atoms with Gasteiger partial charge < -0.3 is 15.3 Å². The molecule has 1 heterocycles. The number of benzene rings is 1. The molecule has 2 amide bonds. The molecule has 1 aromatic rings. The maximum atomic E-state index is 11.7. The normalized spacial score (nSPS) is 21.9. The van der Waals surface area contributed by atoms with Gasteiger partial charge in [-0.1, -0.05) is 23.2 Å². The van der Waals surface area contributed by atoms with Crippen LogP contribution in [0.25, 0.3) is 0 Å². The van der Waals surface area contributed by atoms with Crippen molar-refractivity contribution in [2.75, 3.05) is 6.54 Å². The Bertz CT molecular complexity index is 523. The summed E-state index contributed by atoms with van der Waals surface area (Å²) in [6.07, 6.45) is -1.07. The first-order chi connectivity index (χ1) is 8.99. The van der Waals surface area contributed by atoms with Gasteiger partial charge in [0.05, 0.1) is 11.1 Å². The minimum Gasteiger partial charge on any atom is -0.390 e. The van der Waals surface area contributed by atoms with E-state index in [1.807, 2.05) is 0 Å². The molecule has 1 aliphatic heterocycles. The summed E-state index contributed by atoms with van der Waals surface area (Å²) in [5, 5.41) is 12.5. The summed E-state index contributed by atoms with van der Waals surface area (Å²) in [7, 11) is 0. The van der Waals surface area contributed by atoms with E-state index in [9.17, 15) is 14.7 Å². The van der Waals surface area contributed by atoms with E-state index in [4.69, 9.17) is 28.0 Å². The molecule has 2 unspecified atom stereocenters. The average Bonchev–Trinajstić information content (AvgIpc) is 2.68. The minimum atomic E-state index is -1.19. The first-order valence-electron chi connectivity index (χ1n) is 5.36. The van der Waals surface area contributed by atoms with Gasteiger partial charge in [0, 0.05) is 11.6 Å². The molecular formula is C11H10Cl2N2O4. The molecule has 0 bridgehead atoms. The summed E-state index contributed by atoms with van der Waals surface area (Å²) in [4.78, 5) is 28.0. The second-order valence-corrected chi connectivity index (χ2v) is 4.78. The van der Waals surface area contributed by atoms with Gasteiger partial charge in [0.25, 0.3) is 5.91 Å². The lowest BCUT2D eigenvalue weighted by molar-refractivity contribution is -0.140. The Kier molecular flexibility index (Phi) is 4.14. The Morgan fingerprint density at radius 1 is 1.47 bits per heavy atom. The third-order valence-electron chi connectivity index (χ3n) is 2.59. The Labute approximate surface area is 118 Å². The zero-order valence-electron chi connectivity index (χ0n) is 9.52. The lowest BCUT2D eigenvalue weighted by Gasteiger charge is -2.13. The lowest BCUT2D eigenvalue weighted by Crippen LogP contribution is -2.40. The number of aliphatic hydroxyl groups excluding tert-OH is 1. The molecule has 0 radical (unpaired) electrons. The van der Waals surface area contributed by atoms with Gasteiger partial charge in [-0.2, -0.15) is 5.48 Å². The molecule has 1 saturated heterocycles. The Hall–Kier alpha value is -1.50. The number of halogens is 2. The fourth-order valence-corrected chi connectivity index (χ4v) is 2.08. The number of hydroxylamine groups is 1. The third kappa shape index (κ3) is 3.09. The fraction of sp³-hybridized carbons (Fsp3) is 0.273. The van der Waals surface area contributed by atoms with Crippen LogP contribution in [-0.2, 0) is 9.59 Å². The van der Waals surface area contributed by atoms with Crippen LogP contribution in [0.3, 0.4) is 0 Å². The molecule has 19 heavy (non-hydrogen) atoms. The predicted molar refractivity (Wildman–Crippen MR) is 67.7 cm³/mol. The highest BCUT2D eigenvalue weighted by molar-refractivity contribution is 6.35. The Morgan fingerprint density at radius 2 is 2.21 bits per heavy atom. The number of aliphatic hydroxyl groups is 1. The third-order valence-corrected chi connectivity index (χ3v) is 3.12. The number of β-amino-alcohol motifs (C(OH)–C–C–N with tert-alkyl or cyclic N) is 1. The molecule has 2 rings (SSSR count). The van der Waals surface area contributed by atoms with Gasteiger partial charge >= 0.3 is 0 Å². The number of rotatable bonds is 3. The molecule has 1 fully saturated rings. The van der Waals surface area contributed by atoms with Crippen molar-refractivity contribution in [3.05, 3.63) is 28.2 Å². The summed E-state index contributed by atoms with van der Waals surface area (Å²) in [5.74, 6) is -2.29. The number of hydrogen-bond acceptors (Lipinski definition) is 4. The standard InChI is InChI=1S/C11H10Cl2N2O4/c12-5-1-2-8(6(13)3-5)19-15-11(18)9-7(16)4-14-10(9)17/h1-3,7,9,16H,4H2,(H,14,17)(H,15,18). The van der Waals surface area contributed by atoms with E-state index in [2.05, 4.69) is 10.8 Å².